The monoisotopic (exact) mass is 440 g/mol. The van der Waals surface area contributed by atoms with Crippen molar-refractivity contribution in [1.29, 1.82) is 0 Å². The summed E-state index contributed by atoms with van der Waals surface area (Å²) >= 11 is 0. The Bertz CT molecular complexity index is 1290. The first kappa shape index (κ1) is 20.9. The van der Waals surface area contributed by atoms with Gasteiger partial charge in [0.2, 0.25) is 0 Å². The third-order valence-electron chi connectivity index (χ3n) is 6.12. The molecule has 1 aliphatic heterocycles. The standard InChI is InChI=1S/C26H24N4O3/c31-24-3-1-2-20(15-24)25-16-30(29-28-25)23-13-21(12-22(14-23)26(32)33)18-6-4-17(5-7-18)19-8-10-27-11-9-19/h1-7,12-16,19,27,31H,8-11H2,(H,32,33). The van der Waals surface area contributed by atoms with Gasteiger partial charge in [-0.05, 0) is 78.9 Å². The molecule has 3 aromatic carbocycles. The van der Waals surface area contributed by atoms with Crippen molar-refractivity contribution in [2.24, 2.45) is 0 Å². The Labute approximate surface area is 191 Å². The van der Waals surface area contributed by atoms with Crippen molar-refractivity contribution in [3.8, 4) is 33.8 Å². The summed E-state index contributed by atoms with van der Waals surface area (Å²) < 4.78 is 1.55. The molecule has 1 saturated heterocycles. The van der Waals surface area contributed by atoms with Gasteiger partial charge >= 0.3 is 5.97 Å². The molecule has 1 fully saturated rings. The van der Waals surface area contributed by atoms with E-state index in [4.69, 9.17) is 0 Å². The zero-order chi connectivity index (χ0) is 22.8. The Morgan fingerprint density at radius 1 is 0.939 bits per heavy atom. The molecule has 2 heterocycles. The Morgan fingerprint density at radius 2 is 1.73 bits per heavy atom. The lowest BCUT2D eigenvalue weighted by Gasteiger charge is -2.23. The number of hydrogen-bond acceptors (Lipinski definition) is 5. The van der Waals surface area contributed by atoms with Crippen molar-refractivity contribution in [2.45, 2.75) is 18.8 Å². The number of aromatic carboxylic acids is 1. The highest BCUT2D eigenvalue weighted by molar-refractivity contribution is 5.90. The number of carboxylic acids is 1. The summed E-state index contributed by atoms with van der Waals surface area (Å²) in [5.41, 5.74) is 5.16. The molecule has 4 aromatic rings. The van der Waals surface area contributed by atoms with Crippen LogP contribution in [0.3, 0.4) is 0 Å². The fourth-order valence-corrected chi connectivity index (χ4v) is 4.32. The number of carbonyl (C=O) groups is 1. The molecule has 7 heteroatoms. The molecule has 1 aromatic heterocycles. The van der Waals surface area contributed by atoms with Crippen LogP contribution in [0.25, 0.3) is 28.1 Å². The lowest BCUT2D eigenvalue weighted by molar-refractivity contribution is 0.0697. The maximum absolute atomic E-state index is 11.8. The second-order valence-electron chi connectivity index (χ2n) is 8.32. The van der Waals surface area contributed by atoms with Crippen molar-refractivity contribution in [2.75, 3.05) is 13.1 Å². The molecule has 0 atom stereocenters. The van der Waals surface area contributed by atoms with Gasteiger partial charge in [0, 0.05) is 5.56 Å². The van der Waals surface area contributed by atoms with Crippen molar-refractivity contribution in [1.82, 2.24) is 20.3 Å². The number of piperidine rings is 1. The lowest BCUT2D eigenvalue weighted by Crippen LogP contribution is -2.26. The first-order valence-corrected chi connectivity index (χ1v) is 11.0. The van der Waals surface area contributed by atoms with E-state index in [0.717, 1.165) is 42.6 Å². The van der Waals surface area contributed by atoms with Crippen LogP contribution in [0.2, 0.25) is 0 Å². The van der Waals surface area contributed by atoms with Crippen molar-refractivity contribution in [3.05, 3.63) is 84.1 Å². The highest BCUT2D eigenvalue weighted by atomic mass is 16.4. The molecule has 0 radical (unpaired) electrons. The van der Waals surface area contributed by atoms with Crippen LogP contribution in [0, 0.1) is 0 Å². The van der Waals surface area contributed by atoms with Gasteiger partial charge in [-0.2, -0.15) is 0 Å². The van der Waals surface area contributed by atoms with Crippen molar-refractivity contribution in [3.63, 3.8) is 0 Å². The van der Waals surface area contributed by atoms with E-state index in [1.165, 1.54) is 5.56 Å². The molecule has 0 saturated carbocycles. The zero-order valence-corrected chi connectivity index (χ0v) is 18.0. The number of nitrogens with zero attached hydrogens (tertiary/aromatic N) is 3. The molecule has 7 nitrogen and oxygen atoms in total. The summed E-state index contributed by atoms with van der Waals surface area (Å²) in [7, 11) is 0. The second-order valence-corrected chi connectivity index (χ2v) is 8.32. The highest BCUT2D eigenvalue weighted by Crippen LogP contribution is 2.30. The number of phenols is 1. The number of phenolic OH excluding ortho intramolecular Hbond substituents is 1. The van der Waals surface area contributed by atoms with E-state index in [1.807, 2.05) is 12.1 Å². The maximum Gasteiger partial charge on any atom is 0.335 e. The van der Waals surface area contributed by atoms with Gasteiger partial charge in [0.25, 0.3) is 0 Å². The van der Waals surface area contributed by atoms with Gasteiger partial charge in [-0.3, -0.25) is 0 Å². The molecular weight excluding hydrogens is 416 g/mol. The number of benzene rings is 3. The summed E-state index contributed by atoms with van der Waals surface area (Å²) in [5, 5.41) is 31.2. The molecule has 0 aliphatic carbocycles. The molecule has 1 aliphatic rings. The van der Waals surface area contributed by atoms with Crippen LogP contribution >= 0.6 is 0 Å². The molecule has 0 bridgehead atoms. The molecule has 0 amide bonds. The predicted octanol–water partition coefficient (Wildman–Crippen LogP) is 4.47. The third-order valence-corrected chi connectivity index (χ3v) is 6.12. The van der Waals surface area contributed by atoms with Crippen LogP contribution in [0.5, 0.6) is 5.75 Å². The summed E-state index contributed by atoms with van der Waals surface area (Å²) in [5.74, 6) is -0.296. The SMILES string of the molecule is O=C(O)c1cc(-c2ccc(C3CCNCC3)cc2)cc(-n2cc(-c3cccc(O)c3)nn2)c1. The highest BCUT2D eigenvalue weighted by Gasteiger charge is 2.16. The van der Waals surface area contributed by atoms with Crippen molar-refractivity contribution >= 4 is 5.97 Å². The Hall–Kier alpha value is -3.97. The van der Waals surface area contributed by atoms with Gasteiger partial charge in [0.1, 0.15) is 11.4 Å². The molecular formula is C26H24N4O3. The second kappa shape index (κ2) is 8.88. The summed E-state index contributed by atoms with van der Waals surface area (Å²) in [4.78, 5) is 11.8. The number of hydrogen-bond donors (Lipinski definition) is 3. The van der Waals surface area contributed by atoms with Crippen molar-refractivity contribution < 1.29 is 15.0 Å². The quantitative estimate of drug-likeness (QED) is 0.423. The van der Waals surface area contributed by atoms with E-state index in [2.05, 4.69) is 39.9 Å². The van der Waals surface area contributed by atoms with E-state index in [-0.39, 0.29) is 11.3 Å². The number of aromatic nitrogens is 3. The first-order chi connectivity index (χ1) is 16.1. The average Bonchev–Trinajstić information content (AvgIpc) is 3.35. The fourth-order valence-electron chi connectivity index (χ4n) is 4.32. The number of rotatable bonds is 5. The minimum atomic E-state index is -1.00. The smallest absolute Gasteiger partial charge is 0.335 e. The first-order valence-electron chi connectivity index (χ1n) is 11.0. The number of carboxylic acid groups (broad SMARTS) is 1. The van der Waals surface area contributed by atoms with E-state index in [0.29, 0.717) is 17.3 Å². The molecule has 33 heavy (non-hydrogen) atoms. The molecule has 5 rings (SSSR count). The molecule has 3 N–H and O–H groups in total. The predicted molar refractivity (Wildman–Crippen MR) is 126 cm³/mol. The van der Waals surface area contributed by atoms with Gasteiger partial charge < -0.3 is 15.5 Å². The normalized spacial score (nSPS) is 14.3. The van der Waals surface area contributed by atoms with Crippen LogP contribution in [-0.4, -0.2) is 44.3 Å². The number of nitrogens with one attached hydrogen (secondary N) is 1. The van der Waals surface area contributed by atoms with Gasteiger partial charge in [-0.25, -0.2) is 9.48 Å². The summed E-state index contributed by atoms with van der Waals surface area (Å²) in [6.45, 7) is 2.08. The van der Waals surface area contributed by atoms with Crippen LogP contribution in [0.15, 0.2) is 72.9 Å². The third kappa shape index (κ3) is 4.49. The largest absolute Gasteiger partial charge is 0.508 e. The van der Waals surface area contributed by atoms with E-state index in [1.54, 1.807) is 41.2 Å². The molecule has 166 valence electrons. The van der Waals surface area contributed by atoms with Gasteiger partial charge in [-0.15, -0.1) is 5.10 Å². The van der Waals surface area contributed by atoms with Crippen LogP contribution in [0.4, 0.5) is 0 Å². The minimum Gasteiger partial charge on any atom is -0.508 e. The minimum absolute atomic E-state index is 0.144. The molecule has 0 unspecified atom stereocenters. The Morgan fingerprint density at radius 3 is 2.45 bits per heavy atom. The number of aromatic hydroxyl groups is 1. The lowest BCUT2D eigenvalue weighted by atomic mass is 9.89. The van der Waals surface area contributed by atoms with Gasteiger partial charge in [0.05, 0.1) is 17.4 Å². The Balaban J connectivity index is 1.49. The Kier molecular flexibility index (Phi) is 5.62. The fraction of sp³-hybridized carbons (Fsp3) is 0.192. The van der Waals surface area contributed by atoms with E-state index in [9.17, 15) is 15.0 Å². The van der Waals surface area contributed by atoms with E-state index >= 15 is 0 Å². The maximum atomic E-state index is 11.8. The van der Waals surface area contributed by atoms with Crippen LogP contribution in [0.1, 0.15) is 34.7 Å². The van der Waals surface area contributed by atoms with Gasteiger partial charge in [0.15, 0.2) is 0 Å². The van der Waals surface area contributed by atoms with Gasteiger partial charge in [-0.1, -0.05) is 41.6 Å². The van der Waals surface area contributed by atoms with Crippen LogP contribution in [-0.2, 0) is 0 Å². The summed E-state index contributed by atoms with van der Waals surface area (Å²) in [6, 6.07) is 20.3. The topological polar surface area (TPSA) is 100 Å². The van der Waals surface area contributed by atoms with E-state index < -0.39 is 5.97 Å². The average molecular weight is 441 g/mol. The zero-order valence-electron chi connectivity index (χ0n) is 18.0. The summed E-state index contributed by atoms with van der Waals surface area (Å²) in [6.07, 6.45) is 3.98. The molecule has 0 spiro atoms. The van der Waals surface area contributed by atoms with Crippen LogP contribution < -0.4 is 5.32 Å².